The Bertz CT molecular complexity index is 485. The van der Waals surface area contributed by atoms with Crippen LogP contribution in [0.2, 0.25) is 0 Å². The third kappa shape index (κ3) is 3.16. The normalized spacial score (nSPS) is 25.3. The van der Waals surface area contributed by atoms with Gasteiger partial charge in [-0.15, -0.1) is 0 Å². The zero-order valence-electron chi connectivity index (χ0n) is 12.3. The van der Waals surface area contributed by atoms with Gasteiger partial charge < -0.3 is 20.3 Å². The number of anilines is 2. The summed E-state index contributed by atoms with van der Waals surface area (Å²) in [6.07, 6.45) is 4.19. The molecule has 2 atom stereocenters. The van der Waals surface area contributed by atoms with Crippen molar-refractivity contribution in [2.45, 2.75) is 18.9 Å². The molecule has 0 bridgehead atoms. The number of amides is 1. The third-order valence-corrected chi connectivity index (χ3v) is 4.23. The highest BCUT2D eigenvalue weighted by Crippen LogP contribution is 2.20. The monoisotopic (exact) mass is 290 g/mol. The standard InChI is InChI=1S/C15H22N4O2/c1-16-13-10-21-9-12(13)15(20)18-11-4-5-14(17-8-11)19-6-2-3-7-19/h4-5,8,12-13,16H,2-3,6-7,9-10H2,1H3,(H,18,20). The van der Waals surface area contributed by atoms with Gasteiger partial charge in [0.25, 0.3) is 0 Å². The van der Waals surface area contributed by atoms with Crippen LogP contribution in [0.25, 0.3) is 0 Å². The van der Waals surface area contributed by atoms with Gasteiger partial charge >= 0.3 is 0 Å². The number of hydrogen-bond acceptors (Lipinski definition) is 5. The maximum absolute atomic E-state index is 12.3. The first kappa shape index (κ1) is 14.3. The number of likely N-dealkylation sites (N-methyl/N-ethyl adjacent to an activating group) is 1. The van der Waals surface area contributed by atoms with Crippen molar-refractivity contribution in [2.75, 3.05) is 43.6 Å². The number of nitrogens with zero attached hydrogens (tertiary/aromatic N) is 2. The molecule has 1 aromatic heterocycles. The average Bonchev–Trinajstić information content (AvgIpc) is 3.19. The van der Waals surface area contributed by atoms with E-state index in [0.717, 1.165) is 24.6 Å². The Morgan fingerprint density at radius 2 is 2.14 bits per heavy atom. The molecule has 21 heavy (non-hydrogen) atoms. The number of carbonyl (C=O) groups excluding carboxylic acids is 1. The van der Waals surface area contributed by atoms with E-state index < -0.39 is 0 Å². The van der Waals surface area contributed by atoms with Crippen LogP contribution in [0.5, 0.6) is 0 Å². The number of nitrogens with one attached hydrogen (secondary N) is 2. The largest absolute Gasteiger partial charge is 0.379 e. The first-order chi connectivity index (χ1) is 10.3. The number of pyridine rings is 1. The van der Waals surface area contributed by atoms with Crippen molar-refractivity contribution in [1.82, 2.24) is 10.3 Å². The Balaban J connectivity index is 1.60. The molecule has 114 valence electrons. The Morgan fingerprint density at radius 3 is 2.81 bits per heavy atom. The van der Waals surface area contributed by atoms with Crippen LogP contribution in [-0.4, -0.2) is 50.3 Å². The highest BCUT2D eigenvalue weighted by molar-refractivity contribution is 5.93. The molecule has 0 aliphatic carbocycles. The highest BCUT2D eigenvalue weighted by Gasteiger charge is 2.33. The number of hydrogen-bond donors (Lipinski definition) is 2. The molecular weight excluding hydrogens is 268 g/mol. The fourth-order valence-corrected chi connectivity index (χ4v) is 2.93. The maximum atomic E-state index is 12.3. The summed E-state index contributed by atoms with van der Waals surface area (Å²) < 4.78 is 5.36. The lowest BCUT2D eigenvalue weighted by atomic mass is 10.0. The van der Waals surface area contributed by atoms with E-state index in [1.165, 1.54) is 12.8 Å². The minimum Gasteiger partial charge on any atom is -0.379 e. The highest BCUT2D eigenvalue weighted by atomic mass is 16.5. The van der Waals surface area contributed by atoms with Gasteiger partial charge in [0.1, 0.15) is 5.82 Å². The third-order valence-electron chi connectivity index (χ3n) is 4.23. The molecule has 0 aromatic carbocycles. The van der Waals surface area contributed by atoms with E-state index in [1.54, 1.807) is 6.20 Å². The van der Waals surface area contributed by atoms with E-state index in [0.29, 0.717) is 13.2 Å². The molecule has 1 amide bonds. The van der Waals surface area contributed by atoms with Crippen LogP contribution in [0.1, 0.15) is 12.8 Å². The molecule has 0 spiro atoms. The van der Waals surface area contributed by atoms with Gasteiger partial charge in [0.2, 0.25) is 5.91 Å². The van der Waals surface area contributed by atoms with E-state index >= 15 is 0 Å². The minimum absolute atomic E-state index is 0.0115. The van der Waals surface area contributed by atoms with Gasteiger partial charge in [0, 0.05) is 19.1 Å². The van der Waals surface area contributed by atoms with Gasteiger partial charge in [-0.1, -0.05) is 0 Å². The van der Waals surface area contributed by atoms with Crippen LogP contribution in [0.3, 0.4) is 0 Å². The van der Waals surface area contributed by atoms with Crippen LogP contribution in [-0.2, 0) is 9.53 Å². The summed E-state index contributed by atoms with van der Waals surface area (Å²) >= 11 is 0. The van der Waals surface area contributed by atoms with Crippen molar-refractivity contribution in [2.24, 2.45) is 5.92 Å². The molecule has 2 saturated heterocycles. The second kappa shape index (κ2) is 6.41. The van der Waals surface area contributed by atoms with Crippen molar-refractivity contribution in [3.8, 4) is 0 Å². The lowest BCUT2D eigenvalue weighted by Gasteiger charge is -2.18. The molecule has 3 rings (SSSR count). The van der Waals surface area contributed by atoms with Crippen molar-refractivity contribution in [3.05, 3.63) is 18.3 Å². The van der Waals surface area contributed by atoms with E-state index in [1.807, 2.05) is 19.2 Å². The van der Waals surface area contributed by atoms with Gasteiger partial charge in [0.05, 0.1) is 31.0 Å². The topological polar surface area (TPSA) is 66.5 Å². The maximum Gasteiger partial charge on any atom is 0.231 e. The predicted octanol–water partition coefficient (Wildman–Crippen LogP) is 0.855. The van der Waals surface area contributed by atoms with Crippen molar-refractivity contribution < 1.29 is 9.53 Å². The molecule has 0 saturated carbocycles. The zero-order valence-corrected chi connectivity index (χ0v) is 12.3. The quantitative estimate of drug-likeness (QED) is 0.861. The Kier molecular flexibility index (Phi) is 4.36. The Labute approximate surface area is 124 Å². The van der Waals surface area contributed by atoms with Crippen LogP contribution in [0.15, 0.2) is 18.3 Å². The van der Waals surface area contributed by atoms with E-state index in [-0.39, 0.29) is 17.9 Å². The average molecular weight is 290 g/mol. The van der Waals surface area contributed by atoms with Gasteiger partial charge in [-0.25, -0.2) is 4.98 Å². The summed E-state index contributed by atoms with van der Waals surface area (Å²) in [5.74, 6) is 0.832. The molecule has 2 N–H and O–H groups in total. The molecule has 3 heterocycles. The summed E-state index contributed by atoms with van der Waals surface area (Å²) in [6, 6.07) is 3.98. The molecule has 2 unspecified atom stereocenters. The second-order valence-corrected chi connectivity index (χ2v) is 5.63. The van der Waals surface area contributed by atoms with Crippen LogP contribution < -0.4 is 15.5 Å². The lowest BCUT2D eigenvalue weighted by Crippen LogP contribution is -2.39. The summed E-state index contributed by atoms with van der Waals surface area (Å²) in [7, 11) is 1.85. The smallest absolute Gasteiger partial charge is 0.231 e. The van der Waals surface area contributed by atoms with Crippen molar-refractivity contribution in [1.29, 1.82) is 0 Å². The van der Waals surface area contributed by atoms with E-state index in [4.69, 9.17) is 4.74 Å². The SMILES string of the molecule is CNC1COCC1C(=O)Nc1ccc(N2CCCC2)nc1. The van der Waals surface area contributed by atoms with Gasteiger partial charge in [-0.05, 0) is 32.0 Å². The predicted molar refractivity (Wildman–Crippen MR) is 81.5 cm³/mol. The Morgan fingerprint density at radius 1 is 1.33 bits per heavy atom. The van der Waals surface area contributed by atoms with Crippen molar-refractivity contribution >= 4 is 17.4 Å². The van der Waals surface area contributed by atoms with Gasteiger partial charge in [-0.3, -0.25) is 4.79 Å². The molecular formula is C15H22N4O2. The molecule has 0 radical (unpaired) electrons. The van der Waals surface area contributed by atoms with E-state index in [9.17, 15) is 4.79 Å². The summed E-state index contributed by atoms with van der Waals surface area (Å²) in [5.41, 5.74) is 0.740. The molecule has 2 aliphatic rings. The number of rotatable bonds is 4. The summed E-state index contributed by atoms with van der Waals surface area (Å²) in [6.45, 7) is 3.20. The molecule has 1 aromatic rings. The first-order valence-electron chi connectivity index (χ1n) is 7.55. The zero-order chi connectivity index (χ0) is 14.7. The first-order valence-corrected chi connectivity index (χ1v) is 7.55. The van der Waals surface area contributed by atoms with Crippen molar-refractivity contribution in [3.63, 3.8) is 0 Å². The van der Waals surface area contributed by atoms with Crippen LogP contribution in [0.4, 0.5) is 11.5 Å². The fraction of sp³-hybridized carbons (Fsp3) is 0.600. The van der Waals surface area contributed by atoms with Crippen LogP contribution in [0, 0.1) is 5.92 Å². The molecule has 2 aliphatic heterocycles. The number of ether oxygens (including phenoxy) is 1. The molecule has 6 nitrogen and oxygen atoms in total. The fourth-order valence-electron chi connectivity index (χ4n) is 2.93. The lowest BCUT2D eigenvalue weighted by molar-refractivity contribution is -0.120. The molecule has 6 heteroatoms. The summed E-state index contributed by atoms with van der Waals surface area (Å²) in [5, 5.41) is 6.04. The minimum atomic E-state index is -0.145. The second-order valence-electron chi connectivity index (χ2n) is 5.63. The summed E-state index contributed by atoms with van der Waals surface area (Å²) in [4.78, 5) is 19.0. The van der Waals surface area contributed by atoms with E-state index in [2.05, 4.69) is 20.5 Å². The number of carbonyl (C=O) groups is 1. The number of aromatic nitrogens is 1. The van der Waals surface area contributed by atoms with Gasteiger partial charge in [-0.2, -0.15) is 0 Å². The molecule has 2 fully saturated rings. The Hall–Kier alpha value is -1.66. The van der Waals surface area contributed by atoms with Crippen LogP contribution >= 0.6 is 0 Å². The van der Waals surface area contributed by atoms with Gasteiger partial charge in [0.15, 0.2) is 0 Å².